The zero-order valence-electron chi connectivity index (χ0n) is 11.4. The van der Waals surface area contributed by atoms with Crippen LogP contribution in [0.5, 0.6) is 5.75 Å². The van der Waals surface area contributed by atoms with Gasteiger partial charge in [-0.25, -0.2) is 9.18 Å². The van der Waals surface area contributed by atoms with Crippen molar-refractivity contribution in [2.75, 3.05) is 13.7 Å². The number of rotatable bonds is 5. The molecular formula is C14H17FN2O3. The van der Waals surface area contributed by atoms with Gasteiger partial charge in [-0.05, 0) is 30.7 Å². The number of aromatic nitrogens is 1. The molecule has 0 amide bonds. The van der Waals surface area contributed by atoms with Crippen LogP contribution in [0.15, 0.2) is 24.4 Å². The van der Waals surface area contributed by atoms with Gasteiger partial charge in [0, 0.05) is 17.1 Å². The molecule has 20 heavy (non-hydrogen) atoms. The number of benzene rings is 1. The molecule has 0 spiro atoms. The van der Waals surface area contributed by atoms with E-state index in [1.54, 1.807) is 32.4 Å². The third-order valence-electron chi connectivity index (χ3n) is 3.11. The van der Waals surface area contributed by atoms with Gasteiger partial charge in [-0.2, -0.15) is 0 Å². The monoisotopic (exact) mass is 280 g/mol. The number of alkyl halides is 1. The van der Waals surface area contributed by atoms with E-state index in [2.05, 4.69) is 9.72 Å². The number of hydrogen-bond donors (Lipinski definition) is 2. The van der Waals surface area contributed by atoms with Crippen LogP contribution in [0.1, 0.15) is 18.5 Å². The molecule has 2 atom stereocenters. The Morgan fingerprint density at radius 1 is 1.50 bits per heavy atom. The first-order chi connectivity index (χ1) is 9.58. The van der Waals surface area contributed by atoms with E-state index < -0.39 is 18.2 Å². The van der Waals surface area contributed by atoms with Crippen LogP contribution in [0.25, 0.3) is 10.9 Å². The maximum Gasteiger partial charge on any atom is 0.342 e. The third-order valence-corrected chi connectivity index (χ3v) is 3.11. The second kappa shape index (κ2) is 5.92. The molecule has 0 aliphatic rings. The number of nitrogens with one attached hydrogen (secondary N) is 1. The molecule has 1 aromatic carbocycles. The molecule has 3 N–H and O–H groups in total. The maximum atomic E-state index is 14.0. The topological polar surface area (TPSA) is 77.3 Å². The number of methoxy groups -OCH3 is 1. The summed E-state index contributed by atoms with van der Waals surface area (Å²) in [4.78, 5) is 14.4. The lowest BCUT2D eigenvalue weighted by Crippen LogP contribution is -2.31. The van der Waals surface area contributed by atoms with Gasteiger partial charge >= 0.3 is 5.97 Å². The van der Waals surface area contributed by atoms with Gasteiger partial charge in [0.25, 0.3) is 0 Å². The second-order valence-corrected chi connectivity index (χ2v) is 4.34. The quantitative estimate of drug-likeness (QED) is 0.822. The minimum absolute atomic E-state index is 0.119. The number of ether oxygens (including phenoxy) is 2. The molecule has 6 heteroatoms. The highest BCUT2D eigenvalue weighted by Gasteiger charge is 2.29. The molecule has 1 aromatic heterocycles. The number of H-pyrrole nitrogens is 1. The molecule has 0 bridgehead atoms. The van der Waals surface area contributed by atoms with E-state index in [9.17, 15) is 9.18 Å². The highest BCUT2D eigenvalue weighted by atomic mass is 19.1. The predicted octanol–water partition coefficient (Wildman–Crippen LogP) is 2.08. The maximum absolute atomic E-state index is 14.0. The van der Waals surface area contributed by atoms with Crippen molar-refractivity contribution in [1.82, 2.24) is 4.98 Å². The molecular weight excluding hydrogens is 263 g/mol. The Morgan fingerprint density at radius 2 is 2.25 bits per heavy atom. The number of halogens is 1. The molecule has 2 aromatic rings. The zero-order chi connectivity index (χ0) is 14.7. The lowest BCUT2D eigenvalue weighted by atomic mass is 10.0. The highest BCUT2D eigenvalue weighted by molar-refractivity contribution is 5.86. The molecule has 0 radical (unpaired) electrons. The van der Waals surface area contributed by atoms with Crippen molar-refractivity contribution in [2.45, 2.75) is 19.1 Å². The van der Waals surface area contributed by atoms with E-state index in [1.165, 1.54) is 0 Å². The van der Waals surface area contributed by atoms with Gasteiger partial charge in [0.2, 0.25) is 6.17 Å². The Labute approximate surface area is 115 Å². The fraction of sp³-hybridized carbons (Fsp3) is 0.357. The van der Waals surface area contributed by atoms with Crippen LogP contribution in [0, 0.1) is 0 Å². The summed E-state index contributed by atoms with van der Waals surface area (Å²) < 4.78 is 23.8. The molecule has 1 unspecified atom stereocenters. The van der Waals surface area contributed by atoms with Gasteiger partial charge in [-0.15, -0.1) is 0 Å². The summed E-state index contributed by atoms with van der Waals surface area (Å²) in [5.41, 5.74) is 7.15. The number of aromatic amines is 1. The zero-order valence-corrected chi connectivity index (χ0v) is 11.4. The van der Waals surface area contributed by atoms with Gasteiger partial charge in [0.05, 0.1) is 19.8 Å². The second-order valence-electron chi connectivity index (χ2n) is 4.34. The van der Waals surface area contributed by atoms with E-state index in [4.69, 9.17) is 10.5 Å². The third kappa shape index (κ3) is 2.60. The van der Waals surface area contributed by atoms with Gasteiger partial charge in [-0.1, -0.05) is 0 Å². The molecule has 0 saturated heterocycles. The molecule has 1 heterocycles. The van der Waals surface area contributed by atoms with E-state index in [1.807, 2.05) is 6.07 Å². The first kappa shape index (κ1) is 14.3. The van der Waals surface area contributed by atoms with Crippen molar-refractivity contribution in [2.24, 2.45) is 5.73 Å². The summed E-state index contributed by atoms with van der Waals surface area (Å²) in [5, 5.41) is 0.726. The molecule has 0 aliphatic heterocycles. The average Bonchev–Trinajstić information content (AvgIpc) is 2.88. The molecule has 0 aliphatic carbocycles. The van der Waals surface area contributed by atoms with Crippen LogP contribution >= 0.6 is 0 Å². The van der Waals surface area contributed by atoms with Crippen molar-refractivity contribution in [3.05, 3.63) is 30.0 Å². The Balaban J connectivity index is 2.34. The summed E-state index contributed by atoms with van der Waals surface area (Å²) in [6.07, 6.45) is -0.305. The van der Waals surface area contributed by atoms with Crippen LogP contribution in [-0.2, 0) is 9.53 Å². The van der Waals surface area contributed by atoms with Crippen molar-refractivity contribution in [3.63, 3.8) is 0 Å². The van der Waals surface area contributed by atoms with Crippen LogP contribution in [0.2, 0.25) is 0 Å². The molecule has 0 saturated carbocycles. The lowest BCUT2D eigenvalue weighted by molar-refractivity contribution is -0.149. The number of carbonyl (C=O) groups is 1. The summed E-state index contributed by atoms with van der Waals surface area (Å²) in [6.45, 7) is 1.74. The predicted molar refractivity (Wildman–Crippen MR) is 73.3 cm³/mol. The van der Waals surface area contributed by atoms with Crippen molar-refractivity contribution in [3.8, 4) is 5.75 Å². The summed E-state index contributed by atoms with van der Waals surface area (Å²) >= 11 is 0. The van der Waals surface area contributed by atoms with E-state index in [0.717, 1.165) is 10.9 Å². The normalized spacial score (nSPS) is 14.0. The first-order valence-electron chi connectivity index (χ1n) is 6.29. The fourth-order valence-electron chi connectivity index (χ4n) is 2.05. The van der Waals surface area contributed by atoms with E-state index in [-0.39, 0.29) is 6.61 Å². The van der Waals surface area contributed by atoms with Gasteiger partial charge in [0.15, 0.2) is 0 Å². The molecule has 2 rings (SSSR count). The van der Waals surface area contributed by atoms with Gasteiger partial charge in [0.1, 0.15) is 5.75 Å². The number of nitrogens with two attached hydrogens (primary N) is 1. The first-order valence-corrected chi connectivity index (χ1v) is 6.29. The summed E-state index contributed by atoms with van der Waals surface area (Å²) in [5.74, 6) is -0.311. The van der Waals surface area contributed by atoms with Crippen LogP contribution in [0.4, 0.5) is 4.39 Å². The smallest absolute Gasteiger partial charge is 0.342 e. The number of carbonyl (C=O) groups excluding carboxylic acids is 1. The van der Waals surface area contributed by atoms with Crippen LogP contribution in [-0.4, -0.2) is 30.8 Å². The SMILES string of the molecule is CCOC(=O)C(F)[C@H](N)c1c[nH]c2ccc(OC)cc12. The standard InChI is InChI=1S/C14H17FN2O3/c1-3-20-14(18)12(15)13(16)10-7-17-11-5-4-8(19-2)6-9(10)11/h4-7,12-13,17H,3,16H2,1-2H3/t12?,13-/m1/s1. The minimum atomic E-state index is -1.90. The summed E-state index contributed by atoms with van der Waals surface area (Å²) in [7, 11) is 1.55. The van der Waals surface area contributed by atoms with Gasteiger partial charge < -0.3 is 20.2 Å². The van der Waals surface area contributed by atoms with Crippen LogP contribution in [0.3, 0.4) is 0 Å². The Kier molecular flexibility index (Phi) is 4.24. The number of esters is 1. The van der Waals surface area contributed by atoms with Gasteiger partial charge in [-0.3, -0.25) is 0 Å². The van der Waals surface area contributed by atoms with E-state index in [0.29, 0.717) is 11.3 Å². The van der Waals surface area contributed by atoms with Crippen molar-refractivity contribution >= 4 is 16.9 Å². The number of fused-ring (bicyclic) bond motifs is 1. The summed E-state index contributed by atoms with van der Waals surface area (Å²) in [6, 6.07) is 4.25. The minimum Gasteiger partial charge on any atom is -0.497 e. The Morgan fingerprint density at radius 3 is 2.90 bits per heavy atom. The number of hydrogen-bond acceptors (Lipinski definition) is 4. The molecule has 108 valence electrons. The average molecular weight is 280 g/mol. The Hall–Kier alpha value is -2.08. The van der Waals surface area contributed by atoms with Crippen molar-refractivity contribution in [1.29, 1.82) is 0 Å². The van der Waals surface area contributed by atoms with Crippen LogP contribution < -0.4 is 10.5 Å². The fourth-order valence-corrected chi connectivity index (χ4v) is 2.05. The van der Waals surface area contributed by atoms with E-state index >= 15 is 0 Å². The Bertz CT molecular complexity index is 611. The lowest BCUT2D eigenvalue weighted by Gasteiger charge is -2.15. The largest absolute Gasteiger partial charge is 0.497 e. The molecule has 5 nitrogen and oxygen atoms in total. The van der Waals surface area contributed by atoms with Crippen molar-refractivity contribution < 1.29 is 18.7 Å². The highest BCUT2D eigenvalue weighted by Crippen LogP contribution is 2.29. The molecule has 0 fully saturated rings.